The molecule has 10 heteroatoms. The molecule has 3 heterocycles. The van der Waals surface area contributed by atoms with E-state index in [1.54, 1.807) is 11.2 Å². The molecule has 0 spiro atoms. The molecule has 176 valence electrons. The number of aliphatic imine (C=N–C) groups is 1. The summed E-state index contributed by atoms with van der Waals surface area (Å²) in [6, 6.07) is 4.11. The van der Waals surface area contributed by atoms with E-state index in [4.69, 9.17) is 23.6 Å². The zero-order valence-electron chi connectivity index (χ0n) is 18.4. The summed E-state index contributed by atoms with van der Waals surface area (Å²) < 4.78 is 21.8. The van der Waals surface area contributed by atoms with E-state index < -0.39 is 5.79 Å². The third-order valence-electron chi connectivity index (χ3n) is 5.34. The molecule has 2 aliphatic heterocycles. The normalized spacial score (nSPS) is 19.0. The molecule has 1 amide bonds. The van der Waals surface area contributed by atoms with Crippen LogP contribution in [-0.2, 0) is 20.6 Å². The van der Waals surface area contributed by atoms with Crippen molar-refractivity contribution in [2.45, 2.75) is 51.4 Å². The van der Waals surface area contributed by atoms with Gasteiger partial charge in [0.2, 0.25) is 0 Å². The first kappa shape index (κ1) is 25.7. The van der Waals surface area contributed by atoms with E-state index in [1.807, 2.05) is 26.0 Å². The van der Waals surface area contributed by atoms with Crippen LogP contribution in [0.1, 0.15) is 38.9 Å². The lowest BCUT2D eigenvalue weighted by molar-refractivity contribution is -0.144. The van der Waals surface area contributed by atoms with Gasteiger partial charge >= 0.3 is 6.09 Å². The first-order chi connectivity index (χ1) is 14.6. The lowest BCUT2D eigenvalue weighted by atomic mass is 10.1. The molecular weight excluding hydrogens is 515 g/mol. The molecule has 0 atom stereocenters. The van der Waals surface area contributed by atoms with Gasteiger partial charge < -0.3 is 34.2 Å². The number of piperidine rings is 1. The van der Waals surface area contributed by atoms with Crippen LogP contribution in [0.4, 0.5) is 4.79 Å². The predicted molar refractivity (Wildman–Crippen MR) is 128 cm³/mol. The van der Waals surface area contributed by atoms with E-state index >= 15 is 0 Å². The first-order valence-electron chi connectivity index (χ1n) is 10.8. The third kappa shape index (κ3) is 8.49. The highest BCUT2D eigenvalue weighted by Gasteiger charge is 2.30. The van der Waals surface area contributed by atoms with Gasteiger partial charge in [0.1, 0.15) is 5.76 Å². The Morgan fingerprint density at radius 3 is 2.71 bits per heavy atom. The monoisotopic (exact) mass is 550 g/mol. The molecule has 3 rings (SSSR count). The topological polar surface area (TPSA) is 97.6 Å². The van der Waals surface area contributed by atoms with Gasteiger partial charge in [-0.1, -0.05) is 0 Å². The summed E-state index contributed by atoms with van der Waals surface area (Å²) in [5.41, 5.74) is 0. The number of amides is 1. The molecule has 0 bridgehead atoms. The van der Waals surface area contributed by atoms with Crippen molar-refractivity contribution in [3.8, 4) is 0 Å². The second kappa shape index (κ2) is 13.1. The molecule has 0 saturated carbocycles. The molecule has 9 nitrogen and oxygen atoms in total. The van der Waals surface area contributed by atoms with Crippen molar-refractivity contribution >= 4 is 36.0 Å². The van der Waals surface area contributed by atoms with Crippen molar-refractivity contribution in [3.05, 3.63) is 24.2 Å². The molecule has 31 heavy (non-hydrogen) atoms. The maximum absolute atomic E-state index is 11.9. The lowest BCUT2D eigenvalue weighted by Crippen LogP contribution is -2.50. The maximum Gasteiger partial charge on any atom is 0.409 e. The molecule has 1 aromatic heterocycles. The minimum atomic E-state index is -0.548. The standard InChI is InChI=1S/C21H34N4O5.HI/c1-3-27-20(26)25-12-7-17(8-13-25)24-19(22-10-6-18-5-4-14-28-18)23-11-9-21(2)29-15-16-30-21;/h4-5,14,17H,3,6-13,15-16H2,1-2H3,(H2,22,23,24);1H. The van der Waals surface area contributed by atoms with E-state index in [0.717, 1.165) is 31.0 Å². The Labute approximate surface area is 201 Å². The van der Waals surface area contributed by atoms with Gasteiger partial charge in [-0.15, -0.1) is 24.0 Å². The molecule has 2 fully saturated rings. The molecule has 2 aliphatic rings. The second-order valence-corrected chi connectivity index (χ2v) is 7.67. The number of ether oxygens (including phenoxy) is 3. The van der Waals surface area contributed by atoms with Gasteiger partial charge in [0.15, 0.2) is 11.7 Å². The maximum atomic E-state index is 11.9. The number of carbonyl (C=O) groups excluding carboxylic acids is 1. The van der Waals surface area contributed by atoms with Crippen LogP contribution in [-0.4, -0.2) is 74.8 Å². The van der Waals surface area contributed by atoms with Crippen LogP contribution < -0.4 is 10.6 Å². The van der Waals surface area contributed by atoms with Crippen LogP contribution in [0.5, 0.6) is 0 Å². The first-order valence-corrected chi connectivity index (χ1v) is 10.8. The molecule has 2 saturated heterocycles. The number of rotatable bonds is 8. The van der Waals surface area contributed by atoms with E-state index in [0.29, 0.717) is 52.4 Å². The SMILES string of the molecule is CCOC(=O)N1CCC(NC(=NCCC2(C)OCCO2)NCCc2ccco2)CC1.I. The Hall–Kier alpha value is -1.53. The average Bonchev–Trinajstić information content (AvgIpc) is 3.41. The van der Waals surface area contributed by atoms with Crippen molar-refractivity contribution < 1.29 is 23.4 Å². The summed E-state index contributed by atoms with van der Waals surface area (Å²) in [5, 5.41) is 6.90. The number of furan rings is 1. The largest absolute Gasteiger partial charge is 0.469 e. The van der Waals surface area contributed by atoms with Crippen LogP contribution in [0.2, 0.25) is 0 Å². The van der Waals surface area contributed by atoms with Crippen molar-refractivity contribution in [1.29, 1.82) is 0 Å². The smallest absolute Gasteiger partial charge is 0.409 e. The summed E-state index contributed by atoms with van der Waals surface area (Å²) in [7, 11) is 0. The van der Waals surface area contributed by atoms with Crippen LogP contribution in [0, 0.1) is 0 Å². The number of carbonyl (C=O) groups is 1. The van der Waals surface area contributed by atoms with Gasteiger partial charge in [-0.3, -0.25) is 4.99 Å². The Kier molecular flexibility index (Phi) is 10.9. The van der Waals surface area contributed by atoms with E-state index in [-0.39, 0.29) is 36.1 Å². The molecule has 0 aliphatic carbocycles. The Balaban J connectivity index is 0.00000341. The lowest BCUT2D eigenvalue weighted by Gasteiger charge is -2.32. The summed E-state index contributed by atoms with van der Waals surface area (Å²) in [4.78, 5) is 18.4. The number of hydrogen-bond acceptors (Lipinski definition) is 6. The van der Waals surface area contributed by atoms with Crippen molar-refractivity contribution in [2.75, 3.05) is 46.0 Å². The summed E-state index contributed by atoms with van der Waals surface area (Å²) in [6.07, 6.45) is 4.62. The van der Waals surface area contributed by atoms with Gasteiger partial charge in [0.05, 0.1) is 26.1 Å². The fraction of sp³-hybridized carbons (Fsp3) is 0.714. The highest BCUT2D eigenvalue weighted by atomic mass is 127. The van der Waals surface area contributed by atoms with Gasteiger partial charge in [0, 0.05) is 45.1 Å². The number of hydrogen-bond donors (Lipinski definition) is 2. The second-order valence-electron chi connectivity index (χ2n) is 7.67. The zero-order valence-corrected chi connectivity index (χ0v) is 20.8. The molecule has 2 N–H and O–H groups in total. The van der Waals surface area contributed by atoms with Crippen molar-refractivity contribution in [1.82, 2.24) is 15.5 Å². The molecule has 0 radical (unpaired) electrons. The average molecular weight is 550 g/mol. The van der Waals surface area contributed by atoms with Crippen LogP contribution in [0.25, 0.3) is 0 Å². The van der Waals surface area contributed by atoms with Crippen LogP contribution in [0.3, 0.4) is 0 Å². The van der Waals surface area contributed by atoms with Gasteiger partial charge in [0.25, 0.3) is 0 Å². The number of nitrogens with one attached hydrogen (secondary N) is 2. The number of likely N-dealkylation sites (tertiary alicyclic amines) is 1. The van der Waals surface area contributed by atoms with Crippen molar-refractivity contribution in [2.24, 2.45) is 4.99 Å². The van der Waals surface area contributed by atoms with Crippen LogP contribution in [0.15, 0.2) is 27.8 Å². The van der Waals surface area contributed by atoms with Gasteiger partial charge in [-0.05, 0) is 38.8 Å². The molecule has 1 aromatic rings. The Morgan fingerprint density at radius 1 is 1.32 bits per heavy atom. The molecular formula is C21H35IN4O5. The van der Waals surface area contributed by atoms with Gasteiger partial charge in [-0.2, -0.15) is 0 Å². The Bertz CT molecular complexity index is 671. The van der Waals surface area contributed by atoms with Gasteiger partial charge in [-0.25, -0.2) is 4.79 Å². The van der Waals surface area contributed by atoms with E-state index in [1.165, 1.54) is 0 Å². The zero-order chi connectivity index (χ0) is 21.2. The predicted octanol–water partition coefficient (Wildman–Crippen LogP) is 2.75. The van der Waals surface area contributed by atoms with E-state index in [9.17, 15) is 4.79 Å². The fourth-order valence-corrected chi connectivity index (χ4v) is 3.60. The summed E-state index contributed by atoms with van der Waals surface area (Å²) in [6.45, 7) is 8.10. The van der Waals surface area contributed by atoms with Crippen LogP contribution >= 0.6 is 24.0 Å². The summed E-state index contributed by atoms with van der Waals surface area (Å²) in [5.74, 6) is 1.15. The summed E-state index contributed by atoms with van der Waals surface area (Å²) >= 11 is 0. The number of nitrogens with zero attached hydrogens (tertiary/aromatic N) is 2. The minimum Gasteiger partial charge on any atom is -0.469 e. The highest BCUT2D eigenvalue weighted by Crippen LogP contribution is 2.22. The molecule has 0 unspecified atom stereocenters. The quantitative estimate of drug-likeness (QED) is 0.292. The highest BCUT2D eigenvalue weighted by molar-refractivity contribution is 14.0. The Morgan fingerprint density at radius 2 is 2.06 bits per heavy atom. The number of guanidine groups is 1. The van der Waals surface area contributed by atoms with Crippen molar-refractivity contribution in [3.63, 3.8) is 0 Å². The molecule has 0 aromatic carbocycles. The van der Waals surface area contributed by atoms with E-state index in [2.05, 4.69) is 10.6 Å². The number of halogens is 1. The minimum absolute atomic E-state index is 0. The fourth-order valence-electron chi connectivity index (χ4n) is 3.60. The third-order valence-corrected chi connectivity index (χ3v) is 5.34.